The summed E-state index contributed by atoms with van der Waals surface area (Å²) in [6.45, 7) is 8.25. The molecule has 0 bridgehead atoms. The molecule has 0 aliphatic carbocycles. The van der Waals surface area contributed by atoms with Gasteiger partial charge in [0.15, 0.2) is 11.5 Å². The molecule has 1 unspecified atom stereocenters. The maximum Gasteiger partial charge on any atom is 0.161 e. The first-order valence-electron chi connectivity index (χ1n) is 9.86. The highest BCUT2D eigenvalue weighted by Crippen LogP contribution is 2.28. The molecule has 1 saturated heterocycles. The van der Waals surface area contributed by atoms with Crippen LogP contribution in [-0.4, -0.2) is 43.2 Å². The number of ether oxygens (including phenoxy) is 2. The minimum Gasteiger partial charge on any atom is -0.493 e. The van der Waals surface area contributed by atoms with Crippen LogP contribution in [0.4, 0.5) is 0 Å². The summed E-state index contributed by atoms with van der Waals surface area (Å²) in [5.74, 6) is 2.36. The summed E-state index contributed by atoms with van der Waals surface area (Å²) < 4.78 is 11.4. The summed E-state index contributed by atoms with van der Waals surface area (Å²) in [6.07, 6.45) is 6.29. The molecule has 27 heavy (non-hydrogen) atoms. The van der Waals surface area contributed by atoms with Crippen LogP contribution in [-0.2, 0) is 13.2 Å². The van der Waals surface area contributed by atoms with Gasteiger partial charge in [0.2, 0.25) is 0 Å². The molecule has 2 heterocycles. The molecule has 1 aromatic carbocycles. The number of nitrogens with one attached hydrogen (secondary N) is 1. The molecular formula is C22H31N3O2. The first-order chi connectivity index (χ1) is 13.2. The molecule has 1 fully saturated rings. The SMILES string of the molecule is COc1ccc(CNCCN2CCCC(C)C2)cc1OCc1cccnc1. The number of likely N-dealkylation sites (tertiary alicyclic amines) is 1. The van der Waals surface area contributed by atoms with Gasteiger partial charge in [-0.1, -0.05) is 19.1 Å². The Morgan fingerprint density at radius 2 is 2.15 bits per heavy atom. The number of nitrogens with zero attached hydrogens (tertiary/aromatic N) is 2. The average Bonchev–Trinajstić information content (AvgIpc) is 2.70. The van der Waals surface area contributed by atoms with Gasteiger partial charge in [-0.3, -0.25) is 4.98 Å². The Hall–Kier alpha value is -2.11. The van der Waals surface area contributed by atoms with Crippen LogP contribution in [0.3, 0.4) is 0 Å². The fourth-order valence-electron chi connectivity index (χ4n) is 3.55. The van der Waals surface area contributed by atoms with Crippen molar-refractivity contribution in [2.45, 2.75) is 32.9 Å². The zero-order chi connectivity index (χ0) is 18.9. The van der Waals surface area contributed by atoms with Crippen molar-refractivity contribution >= 4 is 0 Å². The number of methoxy groups -OCH3 is 1. The van der Waals surface area contributed by atoms with E-state index in [0.717, 1.165) is 42.6 Å². The molecule has 2 aromatic rings. The number of rotatable bonds is 9. The summed E-state index contributed by atoms with van der Waals surface area (Å²) >= 11 is 0. The Balaban J connectivity index is 1.48. The van der Waals surface area contributed by atoms with Gasteiger partial charge in [0.1, 0.15) is 6.61 Å². The average molecular weight is 370 g/mol. The van der Waals surface area contributed by atoms with Crippen LogP contribution in [0.25, 0.3) is 0 Å². The van der Waals surface area contributed by atoms with E-state index in [4.69, 9.17) is 9.47 Å². The summed E-state index contributed by atoms with van der Waals surface area (Å²) in [7, 11) is 1.67. The molecule has 146 valence electrons. The van der Waals surface area contributed by atoms with E-state index in [0.29, 0.717) is 6.61 Å². The third-order valence-electron chi connectivity index (χ3n) is 5.02. The number of aromatic nitrogens is 1. The Labute approximate surface area is 162 Å². The molecule has 0 saturated carbocycles. The van der Waals surface area contributed by atoms with E-state index in [-0.39, 0.29) is 0 Å². The first-order valence-corrected chi connectivity index (χ1v) is 9.86. The summed E-state index contributed by atoms with van der Waals surface area (Å²) in [5, 5.41) is 3.55. The van der Waals surface area contributed by atoms with Crippen molar-refractivity contribution in [3.63, 3.8) is 0 Å². The highest BCUT2D eigenvalue weighted by atomic mass is 16.5. The van der Waals surface area contributed by atoms with Crippen molar-refractivity contribution in [3.05, 3.63) is 53.9 Å². The van der Waals surface area contributed by atoms with E-state index in [1.54, 1.807) is 13.3 Å². The van der Waals surface area contributed by atoms with Crippen LogP contribution >= 0.6 is 0 Å². The van der Waals surface area contributed by atoms with Gasteiger partial charge in [0.05, 0.1) is 7.11 Å². The molecule has 0 radical (unpaired) electrons. The first kappa shape index (κ1) is 19.6. The van der Waals surface area contributed by atoms with Crippen LogP contribution < -0.4 is 14.8 Å². The molecule has 3 rings (SSSR count). The summed E-state index contributed by atoms with van der Waals surface area (Å²) in [5.41, 5.74) is 2.24. The molecule has 5 nitrogen and oxygen atoms in total. The second-order valence-electron chi connectivity index (χ2n) is 7.36. The Morgan fingerprint density at radius 1 is 1.22 bits per heavy atom. The van der Waals surface area contributed by atoms with Gasteiger partial charge in [-0.15, -0.1) is 0 Å². The van der Waals surface area contributed by atoms with Gasteiger partial charge in [-0.05, 0) is 49.1 Å². The summed E-state index contributed by atoms with van der Waals surface area (Å²) in [6, 6.07) is 10.0. The van der Waals surface area contributed by atoms with E-state index in [1.165, 1.54) is 31.5 Å². The van der Waals surface area contributed by atoms with Crippen molar-refractivity contribution in [1.82, 2.24) is 15.2 Å². The fraction of sp³-hybridized carbons (Fsp3) is 0.500. The van der Waals surface area contributed by atoms with Crippen LogP contribution in [0.2, 0.25) is 0 Å². The van der Waals surface area contributed by atoms with E-state index in [9.17, 15) is 0 Å². The highest BCUT2D eigenvalue weighted by molar-refractivity contribution is 5.43. The van der Waals surface area contributed by atoms with Crippen molar-refractivity contribution in [2.75, 3.05) is 33.3 Å². The molecule has 1 aliphatic rings. The second kappa shape index (κ2) is 10.3. The smallest absolute Gasteiger partial charge is 0.161 e. The normalized spacial score (nSPS) is 17.6. The maximum atomic E-state index is 5.97. The second-order valence-corrected chi connectivity index (χ2v) is 7.36. The molecule has 1 atom stereocenters. The van der Waals surface area contributed by atoms with Gasteiger partial charge in [0.25, 0.3) is 0 Å². The van der Waals surface area contributed by atoms with E-state index in [2.05, 4.69) is 34.3 Å². The largest absolute Gasteiger partial charge is 0.493 e. The zero-order valence-corrected chi connectivity index (χ0v) is 16.5. The number of pyridine rings is 1. The molecule has 0 amide bonds. The minimum atomic E-state index is 0.480. The lowest BCUT2D eigenvalue weighted by molar-refractivity contribution is 0.184. The van der Waals surface area contributed by atoms with Crippen molar-refractivity contribution in [2.24, 2.45) is 5.92 Å². The van der Waals surface area contributed by atoms with Gasteiger partial charge < -0.3 is 19.7 Å². The number of piperidine rings is 1. The Morgan fingerprint density at radius 3 is 2.93 bits per heavy atom. The van der Waals surface area contributed by atoms with Gasteiger partial charge >= 0.3 is 0 Å². The highest BCUT2D eigenvalue weighted by Gasteiger charge is 2.15. The number of hydrogen-bond acceptors (Lipinski definition) is 5. The maximum absolute atomic E-state index is 5.97. The van der Waals surface area contributed by atoms with Gasteiger partial charge in [-0.25, -0.2) is 0 Å². The standard InChI is InChI=1S/C22H31N3O2/c1-18-5-4-11-25(16-18)12-10-24-14-19-7-8-21(26-2)22(13-19)27-17-20-6-3-9-23-15-20/h3,6-9,13,15,18,24H,4-5,10-12,14,16-17H2,1-2H3. The monoisotopic (exact) mass is 369 g/mol. The van der Waals surface area contributed by atoms with Crippen LogP contribution in [0, 0.1) is 5.92 Å². The van der Waals surface area contributed by atoms with Crippen LogP contribution in [0.5, 0.6) is 11.5 Å². The predicted octanol–water partition coefficient (Wildman–Crippen LogP) is 3.49. The Kier molecular flexibility index (Phi) is 7.48. The van der Waals surface area contributed by atoms with E-state index < -0.39 is 0 Å². The Bertz CT molecular complexity index is 693. The number of hydrogen-bond donors (Lipinski definition) is 1. The predicted molar refractivity (Wildman–Crippen MR) is 108 cm³/mol. The third-order valence-corrected chi connectivity index (χ3v) is 5.02. The number of benzene rings is 1. The van der Waals surface area contributed by atoms with Crippen molar-refractivity contribution < 1.29 is 9.47 Å². The molecule has 1 N–H and O–H groups in total. The lowest BCUT2D eigenvalue weighted by atomic mass is 10.0. The van der Waals surface area contributed by atoms with E-state index >= 15 is 0 Å². The van der Waals surface area contributed by atoms with Crippen molar-refractivity contribution in [3.8, 4) is 11.5 Å². The topological polar surface area (TPSA) is 46.6 Å². The minimum absolute atomic E-state index is 0.480. The summed E-state index contributed by atoms with van der Waals surface area (Å²) in [4.78, 5) is 6.69. The van der Waals surface area contributed by atoms with Gasteiger partial charge in [0, 0.05) is 44.1 Å². The molecular weight excluding hydrogens is 338 g/mol. The lowest BCUT2D eigenvalue weighted by Crippen LogP contribution is -2.38. The molecule has 5 heteroatoms. The van der Waals surface area contributed by atoms with Crippen molar-refractivity contribution in [1.29, 1.82) is 0 Å². The molecule has 1 aliphatic heterocycles. The molecule has 0 spiro atoms. The van der Waals surface area contributed by atoms with E-state index in [1.807, 2.05) is 24.4 Å². The quantitative estimate of drug-likeness (QED) is 0.686. The third kappa shape index (κ3) is 6.22. The van der Waals surface area contributed by atoms with Crippen LogP contribution in [0.15, 0.2) is 42.7 Å². The van der Waals surface area contributed by atoms with Gasteiger partial charge in [-0.2, -0.15) is 0 Å². The molecule has 1 aromatic heterocycles. The zero-order valence-electron chi connectivity index (χ0n) is 16.5. The fourth-order valence-corrected chi connectivity index (χ4v) is 3.55. The lowest BCUT2D eigenvalue weighted by Gasteiger charge is -2.30. The van der Waals surface area contributed by atoms with Crippen LogP contribution in [0.1, 0.15) is 30.9 Å².